The Morgan fingerprint density at radius 2 is 2.41 bits per heavy atom. The summed E-state index contributed by atoms with van der Waals surface area (Å²) in [5.41, 5.74) is -0.0423. The average Bonchev–Trinajstić information content (AvgIpc) is 3.02. The molecule has 1 atom stereocenters. The summed E-state index contributed by atoms with van der Waals surface area (Å²) in [6.07, 6.45) is 2.92. The highest BCUT2D eigenvalue weighted by Gasteiger charge is 2.45. The van der Waals surface area contributed by atoms with Crippen molar-refractivity contribution in [3.8, 4) is 0 Å². The van der Waals surface area contributed by atoms with Gasteiger partial charge in [-0.25, -0.2) is 0 Å². The van der Waals surface area contributed by atoms with Gasteiger partial charge in [-0.05, 0) is 18.6 Å². The lowest BCUT2D eigenvalue weighted by atomic mass is 9.86. The van der Waals surface area contributed by atoms with Crippen molar-refractivity contribution in [2.24, 2.45) is 5.41 Å². The average molecular weight is 234 g/mol. The number of likely N-dealkylation sites (tertiary alicyclic amines) is 1. The minimum atomic E-state index is -0.0776. The van der Waals surface area contributed by atoms with Crippen LogP contribution in [0.4, 0.5) is 0 Å². The highest BCUT2D eigenvalue weighted by molar-refractivity contribution is 5.92. The third-order valence-electron chi connectivity index (χ3n) is 3.65. The standard InChI is InChI=1S/C12H14N2O3/c15-10-6-12(7-13-10)3-4-14(8-12)11(16)9-2-1-5-17-9/h1-2,5H,3-4,6-8H2,(H,13,15). The molecule has 3 rings (SSSR count). The Labute approximate surface area is 98.8 Å². The van der Waals surface area contributed by atoms with Crippen LogP contribution in [-0.4, -0.2) is 36.3 Å². The third kappa shape index (κ3) is 1.71. The van der Waals surface area contributed by atoms with Gasteiger partial charge in [-0.15, -0.1) is 0 Å². The van der Waals surface area contributed by atoms with E-state index in [4.69, 9.17) is 4.42 Å². The first-order valence-electron chi connectivity index (χ1n) is 5.78. The van der Waals surface area contributed by atoms with Crippen LogP contribution in [0.2, 0.25) is 0 Å². The molecular weight excluding hydrogens is 220 g/mol. The Bertz CT molecular complexity index is 454. The van der Waals surface area contributed by atoms with Crippen molar-refractivity contribution >= 4 is 11.8 Å². The number of carbonyl (C=O) groups is 2. The normalized spacial score (nSPS) is 27.8. The van der Waals surface area contributed by atoms with Gasteiger partial charge in [-0.1, -0.05) is 0 Å². The van der Waals surface area contributed by atoms with E-state index in [-0.39, 0.29) is 17.2 Å². The van der Waals surface area contributed by atoms with Crippen LogP contribution in [0.3, 0.4) is 0 Å². The molecule has 2 aliphatic rings. The Balaban J connectivity index is 1.72. The van der Waals surface area contributed by atoms with E-state index >= 15 is 0 Å². The molecule has 1 aromatic heterocycles. The van der Waals surface area contributed by atoms with Crippen LogP contribution in [0.15, 0.2) is 22.8 Å². The predicted octanol–water partition coefficient (Wildman–Crippen LogP) is 0.632. The van der Waals surface area contributed by atoms with Gasteiger partial charge < -0.3 is 14.6 Å². The number of carbonyl (C=O) groups excluding carboxylic acids is 2. The van der Waals surface area contributed by atoms with E-state index in [0.717, 1.165) is 6.42 Å². The van der Waals surface area contributed by atoms with Crippen molar-refractivity contribution in [3.05, 3.63) is 24.2 Å². The SMILES string of the molecule is O=C1CC2(CCN(C(=O)c3ccco3)C2)CN1. The lowest BCUT2D eigenvalue weighted by Gasteiger charge is -2.21. The minimum Gasteiger partial charge on any atom is -0.459 e. The molecule has 1 unspecified atom stereocenters. The van der Waals surface area contributed by atoms with Crippen molar-refractivity contribution in [2.75, 3.05) is 19.6 Å². The second-order valence-corrected chi connectivity index (χ2v) is 4.91. The van der Waals surface area contributed by atoms with E-state index in [1.807, 2.05) is 0 Å². The smallest absolute Gasteiger partial charge is 0.289 e. The van der Waals surface area contributed by atoms with Gasteiger partial charge in [0.25, 0.3) is 5.91 Å². The molecule has 5 nitrogen and oxygen atoms in total. The summed E-state index contributed by atoms with van der Waals surface area (Å²) in [5.74, 6) is 0.392. The zero-order valence-electron chi connectivity index (χ0n) is 9.44. The summed E-state index contributed by atoms with van der Waals surface area (Å²) < 4.78 is 5.11. The number of nitrogens with one attached hydrogen (secondary N) is 1. The zero-order valence-corrected chi connectivity index (χ0v) is 9.44. The largest absolute Gasteiger partial charge is 0.459 e. The second kappa shape index (κ2) is 3.61. The van der Waals surface area contributed by atoms with Crippen LogP contribution in [-0.2, 0) is 4.79 Å². The summed E-state index contributed by atoms with van der Waals surface area (Å²) in [6, 6.07) is 3.38. The number of hydrogen-bond donors (Lipinski definition) is 1. The number of nitrogens with zero attached hydrogens (tertiary/aromatic N) is 1. The highest BCUT2D eigenvalue weighted by atomic mass is 16.3. The van der Waals surface area contributed by atoms with Gasteiger partial charge in [0.05, 0.1) is 6.26 Å². The molecule has 1 N–H and O–H groups in total. The van der Waals surface area contributed by atoms with Gasteiger partial charge in [-0.3, -0.25) is 9.59 Å². The third-order valence-corrected chi connectivity index (χ3v) is 3.65. The van der Waals surface area contributed by atoms with E-state index in [2.05, 4.69) is 5.32 Å². The van der Waals surface area contributed by atoms with Gasteiger partial charge in [0.15, 0.2) is 5.76 Å². The van der Waals surface area contributed by atoms with Crippen molar-refractivity contribution in [1.82, 2.24) is 10.2 Å². The molecule has 2 aliphatic heterocycles. The van der Waals surface area contributed by atoms with Gasteiger partial charge >= 0.3 is 0 Å². The summed E-state index contributed by atoms with van der Waals surface area (Å²) in [4.78, 5) is 25.1. The molecule has 0 aromatic carbocycles. The predicted molar refractivity (Wildman–Crippen MR) is 59.3 cm³/mol. The fraction of sp³-hybridized carbons (Fsp3) is 0.500. The van der Waals surface area contributed by atoms with Gasteiger partial charge in [0.2, 0.25) is 5.91 Å². The Kier molecular flexibility index (Phi) is 2.21. The van der Waals surface area contributed by atoms with Crippen molar-refractivity contribution in [1.29, 1.82) is 0 Å². The van der Waals surface area contributed by atoms with Crippen LogP contribution in [0.1, 0.15) is 23.4 Å². The molecule has 0 radical (unpaired) electrons. The lowest BCUT2D eigenvalue weighted by Crippen LogP contribution is -2.33. The van der Waals surface area contributed by atoms with Crippen LogP contribution in [0, 0.1) is 5.41 Å². The molecule has 17 heavy (non-hydrogen) atoms. The monoisotopic (exact) mass is 234 g/mol. The first-order valence-corrected chi connectivity index (χ1v) is 5.78. The second-order valence-electron chi connectivity index (χ2n) is 4.91. The molecule has 0 aliphatic carbocycles. The summed E-state index contributed by atoms with van der Waals surface area (Å²) in [7, 11) is 0. The molecule has 2 amide bonds. The number of rotatable bonds is 1. The number of furan rings is 1. The van der Waals surface area contributed by atoms with E-state index in [0.29, 0.717) is 31.8 Å². The maximum atomic E-state index is 12.1. The molecule has 1 aromatic rings. The fourth-order valence-corrected chi connectivity index (χ4v) is 2.70. The minimum absolute atomic E-state index is 0.0423. The van der Waals surface area contributed by atoms with E-state index < -0.39 is 0 Å². The van der Waals surface area contributed by atoms with E-state index in [1.165, 1.54) is 6.26 Å². The zero-order chi connectivity index (χ0) is 11.9. The fourth-order valence-electron chi connectivity index (χ4n) is 2.70. The molecule has 2 fully saturated rings. The maximum Gasteiger partial charge on any atom is 0.289 e. The van der Waals surface area contributed by atoms with Crippen LogP contribution < -0.4 is 5.32 Å². The van der Waals surface area contributed by atoms with Crippen LogP contribution in [0.5, 0.6) is 0 Å². The van der Waals surface area contributed by atoms with E-state index in [9.17, 15) is 9.59 Å². The summed E-state index contributed by atoms with van der Waals surface area (Å²) in [6.45, 7) is 2.04. The number of hydrogen-bond acceptors (Lipinski definition) is 3. The van der Waals surface area contributed by atoms with Gasteiger partial charge in [0, 0.05) is 31.5 Å². The van der Waals surface area contributed by atoms with Gasteiger partial charge in [0.1, 0.15) is 0 Å². The highest BCUT2D eigenvalue weighted by Crippen LogP contribution is 2.36. The Morgan fingerprint density at radius 3 is 3.06 bits per heavy atom. The van der Waals surface area contributed by atoms with Crippen molar-refractivity contribution < 1.29 is 14.0 Å². The lowest BCUT2D eigenvalue weighted by molar-refractivity contribution is -0.119. The van der Waals surface area contributed by atoms with Crippen molar-refractivity contribution in [2.45, 2.75) is 12.8 Å². The Morgan fingerprint density at radius 1 is 1.53 bits per heavy atom. The summed E-state index contributed by atoms with van der Waals surface area (Å²) >= 11 is 0. The molecule has 1 spiro atoms. The molecule has 2 saturated heterocycles. The molecule has 3 heterocycles. The van der Waals surface area contributed by atoms with Crippen molar-refractivity contribution in [3.63, 3.8) is 0 Å². The molecule has 5 heteroatoms. The number of amides is 2. The molecule has 90 valence electrons. The summed E-state index contributed by atoms with van der Waals surface area (Å²) in [5, 5.41) is 2.85. The first kappa shape index (κ1) is 10.4. The quantitative estimate of drug-likeness (QED) is 0.775. The van der Waals surface area contributed by atoms with Crippen LogP contribution >= 0.6 is 0 Å². The first-order chi connectivity index (χ1) is 8.19. The molecular formula is C12H14N2O3. The van der Waals surface area contributed by atoms with Gasteiger partial charge in [-0.2, -0.15) is 0 Å². The topological polar surface area (TPSA) is 62.6 Å². The Hall–Kier alpha value is -1.78. The maximum absolute atomic E-state index is 12.1. The molecule has 0 saturated carbocycles. The molecule has 0 bridgehead atoms. The van der Waals surface area contributed by atoms with E-state index in [1.54, 1.807) is 17.0 Å². The van der Waals surface area contributed by atoms with Crippen LogP contribution in [0.25, 0.3) is 0 Å².